The van der Waals surface area contributed by atoms with Crippen LogP contribution in [0.3, 0.4) is 0 Å². The number of hydrogen-bond donors (Lipinski definition) is 1. The molecule has 0 radical (unpaired) electrons. The lowest BCUT2D eigenvalue weighted by molar-refractivity contribution is -0.0565. The van der Waals surface area contributed by atoms with Gasteiger partial charge in [-0.25, -0.2) is 0 Å². The van der Waals surface area contributed by atoms with Crippen molar-refractivity contribution in [1.82, 2.24) is 10.2 Å². The van der Waals surface area contributed by atoms with Crippen LogP contribution < -0.4 is 5.32 Å². The van der Waals surface area contributed by atoms with Gasteiger partial charge in [-0.05, 0) is 26.8 Å². The Morgan fingerprint density at radius 3 is 2.48 bits per heavy atom. The summed E-state index contributed by atoms with van der Waals surface area (Å²) in [6, 6.07) is 1.16. The smallest absolute Gasteiger partial charge is 0.0855 e. The fraction of sp³-hybridized carbons (Fsp3) is 1.00. The van der Waals surface area contributed by atoms with Crippen molar-refractivity contribution in [2.45, 2.75) is 90.8 Å². The van der Waals surface area contributed by atoms with Gasteiger partial charge < -0.3 is 10.1 Å². The molecule has 0 aromatic rings. The molecule has 1 aliphatic rings. The molecule has 2 unspecified atom stereocenters. The molecular weight excluding hydrogens is 260 g/mol. The lowest BCUT2D eigenvalue weighted by Gasteiger charge is -2.39. The van der Waals surface area contributed by atoms with Gasteiger partial charge in [0, 0.05) is 25.2 Å². The standard InChI is InChI=1S/C18H38N2O/c1-5-7-8-9-10-11-12-17(19-6-2)18-15-20(16(3)4)13-14-21-18/h16-19H,5-15H2,1-4H3. The van der Waals surface area contributed by atoms with Crippen LogP contribution in [0.2, 0.25) is 0 Å². The molecule has 0 bridgehead atoms. The molecule has 3 heteroatoms. The number of nitrogens with zero attached hydrogens (tertiary/aromatic N) is 1. The minimum absolute atomic E-state index is 0.372. The SMILES string of the molecule is CCCCCCCCC(NCC)C1CN(C(C)C)CCO1. The second-order valence-corrected chi connectivity index (χ2v) is 6.72. The van der Waals surface area contributed by atoms with Gasteiger partial charge in [0.25, 0.3) is 0 Å². The number of ether oxygens (including phenoxy) is 1. The monoisotopic (exact) mass is 298 g/mol. The van der Waals surface area contributed by atoms with E-state index in [9.17, 15) is 0 Å². The predicted molar refractivity (Wildman–Crippen MR) is 91.9 cm³/mol. The minimum atomic E-state index is 0.372. The molecule has 1 fully saturated rings. The largest absolute Gasteiger partial charge is 0.374 e. The average Bonchev–Trinajstić information content (AvgIpc) is 2.49. The Labute approximate surface area is 132 Å². The van der Waals surface area contributed by atoms with Crippen molar-refractivity contribution in [3.63, 3.8) is 0 Å². The average molecular weight is 299 g/mol. The zero-order valence-electron chi connectivity index (χ0n) is 14.9. The van der Waals surface area contributed by atoms with Crippen molar-refractivity contribution in [3.8, 4) is 0 Å². The van der Waals surface area contributed by atoms with Gasteiger partial charge in [0.1, 0.15) is 0 Å². The number of morpholine rings is 1. The zero-order valence-corrected chi connectivity index (χ0v) is 14.9. The third kappa shape index (κ3) is 7.62. The van der Waals surface area contributed by atoms with Crippen molar-refractivity contribution in [2.75, 3.05) is 26.2 Å². The lowest BCUT2D eigenvalue weighted by atomic mass is 10.00. The Balaban J connectivity index is 2.30. The molecule has 3 nitrogen and oxygen atoms in total. The van der Waals surface area contributed by atoms with E-state index in [1.165, 1.54) is 44.9 Å². The van der Waals surface area contributed by atoms with Crippen molar-refractivity contribution < 1.29 is 4.74 Å². The molecular formula is C18H38N2O. The van der Waals surface area contributed by atoms with Gasteiger partial charge in [-0.2, -0.15) is 0 Å². The van der Waals surface area contributed by atoms with E-state index in [-0.39, 0.29) is 0 Å². The Morgan fingerprint density at radius 1 is 1.10 bits per heavy atom. The molecule has 0 aromatic carbocycles. The summed E-state index contributed by atoms with van der Waals surface area (Å²) in [5.41, 5.74) is 0. The summed E-state index contributed by atoms with van der Waals surface area (Å²) in [5, 5.41) is 3.66. The molecule has 21 heavy (non-hydrogen) atoms. The van der Waals surface area contributed by atoms with Crippen molar-refractivity contribution >= 4 is 0 Å². The molecule has 1 rings (SSSR count). The van der Waals surface area contributed by atoms with Crippen LogP contribution in [-0.2, 0) is 4.74 Å². The van der Waals surface area contributed by atoms with E-state index in [0.717, 1.165) is 26.2 Å². The second-order valence-electron chi connectivity index (χ2n) is 6.72. The molecule has 1 saturated heterocycles. The van der Waals surface area contributed by atoms with Crippen LogP contribution >= 0.6 is 0 Å². The summed E-state index contributed by atoms with van der Waals surface area (Å²) in [6.07, 6.45) is 9.88. The summed E-state index contributed by atoms with van der Waals surface area (Å²) >= 11 is 0. The highest BCUT2D eigenvalue weighted by atomic mass is 16.5. The lowest BCUT2D eigenvalue weighted by Crippen LogP contribution is -2.53. The van der Waals surface area contributed by atoms with Gasteiger partial charge in [0.2, 0.25) is 0 Å². The van der Waals surface area contributed by atoms with Crippen LogP contribution in [0.1, 0.15) is 72.6 Å². The highest BCUT2D eigenvalue weighted by Gasteiger charge is 2.28. The molecule has 0 spiro atoms. The second kappa shape index (κ2) is 11.4. The maximum atomic E-state index is 6.06. The van der Waals surface area contributed by atoms with E-state index in [2.05, 4.69) is 37.9 Å². The molecule has 1 aliphatic heterocycles. The normalized spacial score (nSPS) is 21.9. The highest BCUT2D eigenvalue weighted by molar-refractivity contribution is 4.84. The Morgan fingerprint density at radius 2 is 1.81 bits per heavy atom. The quantitative estimate of drug-likeness (QED) is 0.587. The van der Waals surface area contributed by atoms with Crippen LogP contribution in [0, 0.1) is 0 Å². The fourth-order valence-corrected chi connectivity index (χ4v) is 3.24. The Bertz CT molecular complexity index is 245. The molecule has 0 amide bonds. The maximum absolute atomic E-state index is 6.06. The highest BCUT2D eigenvalue weighted by Crippen LogP contribution is 2.17. The fourth-order valence-electron chi connectivity index (χ4n) is 3.24. The number of nitrogens with one attached hydrogen (secondary N) is 1. The topological polar surface area (TPSA) is 24.5 Å². The van der Waals surface area contributed by atoms with Gasteiger partial charge in [0.05, 0.1) is 12.7 Å². The van der Waals surface area contributed by atoms with E-state index in [1.54, 1.807) is 0 Å². The zero-order chi connectivity index (χ0) is 15.5. The van der Waals surface area contributed by atoms with E-state index in [4.69, 9.17) is 4.74 Å². The van der Waals surface area contributed by atoms with E-state index >= 15 is 0 Å². The van der Waals surface area contributed by atoms with Crippen LogP contribution in [0.5, 0.6) is 0 Å². The van der Waals surface area contributed by atoms with E-state index < -0.39 is 0 Å². The Hall–Kier alpha value is -0.120. The van der Waals surface area contributed by atoms with Crippen molar-refractivity contribution in [3.05, 3.63) is 0 Å². The number of likely N-dealkylation sites (N-methyl/N-ethyl adjacent to an activating group) is 1. The third-order valence-corrected chi connectivity index (χ3v) is 4.64. The first-order chi connectivity index (χ1) is 10.2. The maximum Gasteiger partial charge on any atom is 0.0855 e. The first-order valence-electron chi connectivity index (χ1n) is 9.28. The first-order valence-corrected chi connectivity index (χ1v) is 9.28. The number of rotatable bonds is 11. The van der Waals surface area contributed by atoms with Crippen LogP contribution in [0.4, 0.5) is 0 Å². The summed E-state index contributed by atoms with van der Waals surface area (Å²) in [7, 11) is 0. The van der Waals surface area contributed by atoms with Gasteiger partial charge in [0.15, 0.2) is 0 Å². The molecule has 1 heterocycles. The predicted octanol–water partition coefficient (Wildman–Crippen LogP) is 3.82. The van der Waals surface area contributed by atoms with Crippen LogP contribution in [0.15, 0.2) is 0 Å². The summed E-state index contributed by atoms with van der Waals surface area (Å²) < 4.78 is 6.06. The molecule has 126 valence electrons. The number of hydrogen-bond acceptors (Lipinski definition) is 3. The van der Waals surface area contributed by atoms with Crippen LogP contribution in [0.25, 0.3) is 0 Å². The van der Waals surface area contributed by atoms with Crippen LogP contribution in [-0.4, -0.2) is 49.3 Å². The van der Waals surface area contributed by atoms with E-state index in [0.29, 0.717) is 18.2 Å². The van der Waals surface area contributed by atoms with E-state index in [1.807, 2.05) is 0 Å². The van der Waals surface area contributed by atoms with Gasteiger partial charge in [-0.3, -0.25) is 4.90 Å². The molecule has 1 N–H and O–H groups in total. The van der Waals surface area contributed by atoms with Crippen molar-refractivity contribution in [2.24, 2.45) is 0 Å². The molecule has 2 atom stereocenters. The number of unbranched alkanes of at least 4 members (excludes halogenated alkanes) is 5. The summed E-state index contributed by atoms with van der Waals surface area (Å²) in [4.78, 5) is 2.56. The first kappa shape index (κ1) is 18.9. The third-order valence-electron chi connectivity index (χ3n) is 4.64. The van der Waals surface area contributed by atoms with Gasteiger partial charge >= 0.3 is 0 Å². The molecule has 0 aliphatic carbocycles. The minimum Gasteiger partial charge on any atom is -0.374 e. The van der Waals surface area contributed by atoms with Gasteiger partial charge in [-0.1, -0.05) is 52.4 Å². The van der Waals surface area contributed by atoms with Gasteiger partial charge in [-0.15, -0.1) is 0 Å². The Kier molecular flexibility index (Phi) is 10.3. The molecule has 0 aromatic heterocycles. The molecule has 0 saturated carbocycles. The summed E-state index contributed by atoms with van der Waals surface area (Å²) in [5.74, 6) is 0. The summed E-state index contributed by atoms with van der Waals surface area (Å²) in [6.45, 7) is 13.2. The van der Waals surface area contributed by atoms with Crippen molar-refractivity contribution in [1.29, 1.82) is 0 Å².